The molecule has 1 rings (SSSR count). The van der Waals surface area contributed by atoms with E-state index in [4.69, 9.17) is 4.74 Å². The lowest BCUT2D eigenvalue weighted by molar-refractivity contribution is 0.406. The number of benzene rings is 1. The molecule has 0 spiro atoms. The van der Waals surface area contributed by atoms with E-state index in [-0.39, 0.29) is 11.3 Å². The largest absolute Gasteiger partial charge is 0.497 e. The molecule has 0 amide bonds. The van der Waals surface area contributed by atoms with Crippen LogP contribution in [0.5, 0.6) is 5.75 Å². The Morgan fingerprint density at radius 1 is 1.43 bits per heavy atom. The molecule has 4 heteroatoms. The summed E-state index contributed by atoms with van der Waals surface area (Å²) in [5.41, 5.74) is 0.269. The van der Waals surface area contributed by atoms with Gasteiger partial charge in [0.05, 0.1) is 7.11 Å². The molecule has 1 nitrogen and oxygen atoms in total. The van der Waals surface area contributed by atoms with Crippen LogP contribution in [0.2, 0.25) is 0 Å². The van der Waals surface area contributed by atoms with Gasteiger partial charge in [-0.2, -0.15) is 0 Å². The molecule has 0 fully saturated rings. The molecular weight excluding hydrogens is 254 g/mol. The molecule has 0 aliphatic rings. The van der Waals surface area contributed by atoms with Crippen LogP contribution < -0.4 is 4.74 Å². The van der Waals surface area contributed by atoms with Gasteiger partial charge >= 0.3 is 0 Å². The number of ether oxygens (including phenoxy) is 1. The first-order chi connectivity index (χ1) is 6.60. The van der Waals surface area contributed by atoms with Gasteiger partial charge in [0.2, 0.25) is 0 Å². The fourth-order valence-electron chi connectivity index (χ4n) is 1.07. The molecule has 1 aromatic carbocycles. The highest BCUT2D eigenvalue weighted by Crippen LogP contribution is 2.26. The Kier molecular flexibility index (Phi) is 3.63. The van der Waals surface area contributed by atoms with Crippen LogP contribution in [0.4, 0.5) is 8.78 Å². The maximum absolute atomic E-state index is 13.3. The van der Waals surface area contributed by atoms with Crippen molar-refractivity contribution in [1.29, 1.82) is 0 Å². The average molecular weight is 263 g/mol. The van der Waals surface area contributed by atoms with Gasteiger partial charge in [-0.3, -0.25) is 0 Å². The van der Waals surface area contributed by atoms with Crippen molar-refractivity contribution in [3.63, 3.8) is 0 Å². The Bertz CT molecular complexity index is 340. The molecule has 0 saturated heterocycles. The standard InChI is InChI=1S/C10H9BrF2O/c1-6(5-11)10-8(12)3-7(14-2)4-9(10)13/h3-4H,1,5H2,2H3. The second kappa shape index (κ2) is 4.55. The molecule has 0 saturated carbocycles. The van der Waals surface area contributed by atoms with Crippen molar-refractivity contribution in [3.8, 4) is 5.75 Å². The summed E-state index contributed by atoms with van der Waals surface area (Å²) in [5.74, 6) is -1.16. The highest BCUT2D eigenvalue weighted by molar-refractivity contribution is 9.09. The molecule has 1 aromatic rings. The quantitative estimate of drug-likeness (QED) is 0.759. The van der Waals surface area contributed by atoms with Crippen LogP contribution in [0, 0.1) is 11.6 Å². The highest BCUT2D eigenvalue weighted by Gasteiger charge is 2.13. The summed E-state index contributed by atoms with van der Waals surface area (Å²) in [4.78, 5) is 0. The molecule has 0 aliphatic carbocycles. The molecule has 0 aliphatic heterocycles. The summed E-state index contributed by atoms with van der Waals surface area (Å²) >= 11 is 3.09. The normalized spacial score (nSPS) is 10.0. The molecule has 76 valence electrons. The van der Waals surface area contributed by atoms with E-state index in [1.54, 1.807) is 0 Å². The minimum Gasteiger partial charge on any atom is -0.497 e. The Morgan fingerprint density at radius 2 is 1.93 bits per heavy atom. The number of allylic oxidation sites excluding steroid dienone is 1. The third-order valence-corrected chi connectivity index (χ3v) is 2.44. The molecule has 0 atom stereocenters. The zero-order chi connectivity index (χ0) is 10.7. The Morgan fingerprint density at radius 3 is 2.29 bits per heavy atom. The second-order valence-corrected chi connectivity index (χ2v) is 3.26. The van der Waals surface area contributed by atoms with Gasteiger partial charge in [0.1, 0.15) is 17.4 Å². The Labute approximate surface area is 89.5 Å². The van der Waals surface area contributed by atoms with Crippen LogP contribution in [-0.4, -0.2) is 12.4 Å². The van der Waals surface area contributed by atoms with E-state index in [0.29, 0.717) is 10.9 Å². The van der Waals surface area contributed by atoms with Gasteiger partial charge in [0.25, 0.3) is 0 Å². The van der Waals surface area contributed by atoms with Crippen molar-refractivity contribution in [2.75, 3.05) is 12.4 Å². The van der Waals surface area contributed by atoms with Crippen LogP contribution in [0.25, 0.3) is 5.57 Å². The lowest BCUT2D eigenvalue weighted by atomic mass is 10.1. The fourth-order valence-corrected chi connectivity index (χ4v) is 1.35. The first kappa shape index (κ1) is 11.2. The summed E-state index contributed by atoms with van der Waals surface area (Å²) in [5, 5.41) is 0.327. The first-order valence-corrected chi connectivity index (χ1v) is 4.99. The third kappa shape index (κ3) is 2.12. The van der Waals surface area contributed by atoms with Crippen molar-refractivity contribution in [3.05, 3.63) is 35.9 Å². The van der Waals surface area contributed by atoms with Crippen molar-refractivity contribution in [2.45, 2.75) is 0 Å². The van der Waals surface area contributed by atoms with E-state index in [1.807, 2.05) is 0 Å². The molecule has 0 aromatic heterocycles. The highest BCUT2D eigenvalue weighted by atomic mass is 79.9. The summed E-state index contributed by atoms with van der Waals surface area (Å²) in [6.07, 6.45) is 0. The van der Waals surface area contributed by atoms with Gasteiger partial charge in [0.15, 0.2) is 0 Å². The first-order valence-electron chi connectivity index (χ1n) is 3.87. The van der Waals surface area contributed by atoms with Crippen molar-refractivity contribution >= 4 is 21.5 Å². The van der Waals surface area contributed by atoms with E-state index >= 15 is 0 Å². The molecule has 0 unspecified atom stereocenters. The van der Waals surface area contributed by atoms with Gasteiger partial charge in [-0.15, -0.1) is 0 Å². The maximum atomic E-state index is 13.3. The Balaban J connectivity index is 3.25. The molecular formula is C10H9BrF2O. The predicted molar refractivity (Wildman–Crippen MR) is 55.7 cm³/mol. The predicted octanol–water partition coefficient (Wildman–Crippen LogP) is 3.38. The van der Waals surface area contributed by atoms with Crippen LogP contribution in [0.15, 0.2) is 18.7 Å². The van der Waals surface area contributed by atoms with Crippen LogP contribution in [-0.2, 0) is 0 Å². The van der Waals surface area contributed by atoms with E-state index in [9.17, 15) is 8.78 Å². The number of halogens is 3. The lowest BCUT2D eigenvalue weighted by Crippen LogP contribution is -1.97. The lowest BCUT2D eigenvalue weighted by Gasteiger charge is -2.07. The smallest absolute Gasteiger partial charge is 0.137 e. The zero-order valence-corrected chi connectivity index (χ0v) is 9.20. The van der Waals surface area contributed by atoms with E-state index in [2.05, 4.69) is 22.5 Å². The molecule has 0 radical (unpaired) electrons. The Hall–Kier alpha value is -0.900. The van der Waals surface area contributed by atoms with Gasteiger partial charge in [-0.05, 0) is 5.57 Å². The van der Waals surface area contributed by atoms with Gasteiger partial charge in [0, 0.05) is 23.0 Å². The summed E-state index contributed by atoms with van der Waals surface area (Å²) < 4.78 is 31.4. The fraction of sp³-hybridized carbons (Fsp3) is 0.200. The van der Waals surface area contributed by atoms with Crippen molar-refractivity contribution in [1.82, 2.24) is 0 Å². The monoisotopic (exact) mass is 262 g/mol. The van der Waals surface area contributed by atoms with Gasteiger partial charge < -0.3 is 4.74 Å². The van der Waals surface area contributed by atoms with Crippen molar-refractivity contribution < 1.29 is 13.5 Å². The maximum Gasteiger partial charge on any atom is 0.137 e. The van der Waals surface area contributed by atoms with Crippen LogP contribution in [0.1, 0.15) is 5.56 Å². The van der Waals surface area contributed by atoms with E-state index < -0.39 is 11.6 Å². The summed E-state index contributed by atoms with van der Waals surface area (Å²) in [6, 6.07) is 2.26. The minimum absolute atomic E-state index is 0.0947. The van der Waals surface area contributed by atoms with Gasteiger partial charge in [-0.25, -0.2) is 8.78 Å². The minimum atomic E-state index is -0.661. The second-order valence-electron chi connectivity index (χ2n) is 2.70. The molecule has 0 heterocycles. The molecule has 14 heavy (non-hydrogen) atoms. The number of hydrogen-bond donors (Lipinski definition) is 0. The van der Waals surface area contributed by atoms with E-state index in [1.165, 1.54) is 7.11 Å². The number of methoxy groups -OCH3 is 1. The van der Waals surface area contributed by atoms with Crippen molar-refractivity contribution in [2.24, 2.45) is 0 Å². The number of alkyl halides is 1. The van der Waals surface area contributed by atoms with Crippen LogP contribution in [0.3, 0.4) is 0 Å². The number of hydrogen-bond acceptors (Lipinski definition) is 1. The summed E-state index contributed by atoms with van der Waals surface area (Å²) in [7, 11) is 1.35. The summed E-state index contributed by atoms with van der Waals surface area (Å²) in [6.45, 7) is 3.55. The van der Waals surface area contributed by atoms with E-state index in [0.717, 1.165) is 12.1 Å². The molecule has 0 bridgehead atoms. The average Bonchev–Trinajstić information content (AvgIpc) is 2.16. The number of rotatable bonds is 3. The third-order valence-electron chi connectivity index (χ3n) is 1.77. The zero-order valence-electron chi connectivity index (χ0n) is 7.61. The van der Waals surface area contributed by atoms with Gasteiger partial charge in [-0.1, -0.05) is 22.5 Å². The SMILES string of the molecule is C=C(CBr)c1c(F)cc(OC)cc1F. The topological polar surface area (TPSA) is 9.23 Å². The van der Waals surface area contributed by atoms with Crippen LogP contribution >= 0.6 is 15.9 Å². The molecule has 0 N–H and O–H groups in total.